The van der Waals surface area contributed by atoms with Crippen molar-refractivity contribution in [1.82, 2.24) is 0 Å². The Bertz CT molecular complexity index is 316. The van der Waals surface area contributed by atoms with Crippen molar-refractivity contribution in [1.29, 1.82) is 0 Å². The Balaban J connectivity index is 0.000000561. The quantitative estimate of drug-likeness (QED) is 0.708. The molecule has 1 rings (SSSR count). The molecule has 66 valence electrons. The second-order valence-corrected chi connectivity index (χ2v) is 4.57. The van der Waals surface area contributed by atoms with Crippen LogP contribution in [0, 0.1) is 0 Å². The molecular weight excluding hydrogens is 192 g/mol. The molecule has 0 spiro atoms. The predicted molar refractivity (Wildman–Crippen MR) is 54.1 cm³/mol. The van der Waals surface area contributed by atoms with Crippen molar-refractivity contribution in [2.24, 2.45) is 0 Å². The van der Waals surface area contributed by atoms with E-state index in [1.807, 2.05) is 0 Å². The molecule has 1 aromatic carbocycles. The van der Waals surface area contributed by atoms with Crippen molar-refractivity contribution in [2.75, 3.05) is 0 Å². The zero-order valence-corrected chi connectivity index (χ0v) is 8.11. The van der Waals surface area contributed by atoms with E-state index < -0.39 is 8.77 Å². The highest BCUT2D eigenvalue weighted by atomic mass is 32.8. The van der Waals surface area contributed by atoms with Gasteiger partial charge in [-0.05, 0) is 12.1 Å². The molecule has 0 heterocycles. The first-order valence-electron chi connectivity index (χ1n) is 3.13. The van der Waals surface area contributed by atoms with Crippen molar-refractivity contribution < 1.29 is 8.76 Å². The highest BCUT2D eigenvalue weighted by Crippen LogP contribution is 2.05. The molecule has 0 fully saturated rings. The zero-order valence-electron chi connectivity index (χ0n) is 6.47. The molecule has 1 atom stereocenters. The molecule has 1 unspecified atom stereocenters. The molecule has 0 aliphatic carbocycles. The minimum absolute atomic E-state index is 0.296. The van der Waals surface area contributed by atoms with Gasteiger partial charge < -0.3 is 4.55 Å². The first-order chi connectivity index (χ1) is 5.61. The molecule has 4 heteroatoms. The van der Waals surface area contributed by atoms with Crippen LogP contribution in [-0.2, 0) is 20.0 Å². The Kier molecular flexibility index (Phi) is 4.73. The number of rotatable bonds is 1. The third-order valence-electron chi connectivity index (χ3n) is 1.04. The third kappa shape index (κ3) is 3.61. The smallest absolute Gasteiger partial charge is 0.171 e. The molecule has 0 aliphatic rings. The number of benzene rings is 1. The molecule has 0 saturated carbocycles. The van der Waals surface area contributed by atoms with E-state index in [4.69, 9.17) is 4.55 Å². The normalized spacial score (nSPS) is 13.8. The van der Waals surface area contributed by atoms with Crippen LogP contribution in [0.3, 0.4) is 0 Å². The molecule has 1 N–H and O–H groups in total. The maximum Gasteiger partial charge on any atom is 0.171 e. The third-order valence-corrected chi connectivity index (χ3v) is 2.49. The maximum atomic E-state index is 10.8. The van der Waals surface area contributed by atoms with E-state index in [-0.39, 0.29) is 0 Å². The van der Waals surface area contributed by atoms with Gasteiger partial charge in [-0.1, -0.05) is 18.2 Å². The average Bonchev–Trinajstić information content (AvgIpc) is 2.08. The SMILES string of the molecule is C=C.O=S(O)(=S)c1ccccc1. The van der Waals surface area contributed by atoms with Crippen LogP contribution in [0.1, 0.15) is 0 Å². The summed E-state index contributed by atoms with van der Waals surface area (Å²) in [5, 5.41) is 0. The standard InChI is InChI=1S/C6H6O2S2.C2H4/c7-10(8,9)6-4-2-1-3-5-6;1-2/h1-5H,(H,7,8,9);1-2H2. The summed E-state index contributed by atoms with van der Waals surface area (Å²) < 4.78 is 19.6. The van der Waals surface area contributed by atoms with Crippen LogP contribution in [0.2, 0.25) is 0 Å². The van der Waals surface area contributed by atoms with E-state index in [9.17, 15) is 4.21 Å². The fourth-order valence-electron chi connectivity index (χ4n) is 0.592. The minimum atomic E-state index is -3.17. The topological polar surface area (TPSA) is 37.3 Å². The lowest BCUT2D eigenvalue weighted by molar-refractivity contribution is 0.561. The second-order valence-electron chi connectivity index (χ2n) is 1.79. The molecule has 1 aromatic rings. The Labute approximate surface area is 77.4 Å². The minimum Gasteiger partial charge on any atom is -0.302 e. The van der Waals surface area contributed by atoms with Crippen LogP contribution in [0.5, 0.6) is 0 Å². The largest absolute Gasteiger partial charge is 0.302 e. The van der Waals surface area contributed by atoms with Crippen molar-refractivity contribution in [3.63, 3.8) is 0 Å². The summed E-state index contributed by atoms with van der Waals surface area (Å²) in [5.41, 5.74) is 0. The van der Waals surface area contributed by atoms with E-state index in [0.29, 0.717) is 4.90 Å². The summed E-state index contributed by atoms with van der Waals surface area (Å²) in [6.45, 7) is 6.00. The molecule has 0 amide bonds. The monoisotopic (exact) mass is 202 g/mol. The van der Waals surface area contributed by atoms with E-state index in [1.165, 1.54) is 12.1 Å². The highest BCUT2D eigenvalue weighted by Gasteiger charge is 2.01. The maximum absolute atomic E-state index is 10.8. The van der Waals surface area contributed by atoms with Gasteiger partial charge in [0, 0.05) is 11.2 Å². The van der Waals surface area contributed by atoms with Crippen molar-refractivity contribution in [3.8, 4) is 0 Å². The van der Waals surface area contributed by atoms with Gasteiger partial charge in [0.25, 0.3) is 0 Å². The van der Waals surface area contributed by atoms with Gasteiger partial charge in [0.1, 0.15) is 0 Å². The Morgan fingerprint density at radius 1 is 1.25 bits per heavy atom. The highest BCUT2D eigenvalue weighted by molar-refractivity contribution is 8.29. The molecule has 12 heavy (non-hydrogen) atoms. The van der Waals surface area contributed by atoms with Crippen LogP contribution in [-0.4, -0.2) is 8.76 Å². The van der Waals surface area contributed by atoms with Gasteiger partial charge in [0.05, 0.1) is 4.90 Å². The fourth-order valence-corrected chi connectivity index (χ4v) is 1.43. The van der Waals surface area contributed by atoms with Crippen LogP contribution in [0.25, 0.3) is 0 Å². The lowest BCUT2D eigenvalue weighted by Gasteiger charge is -1.95. The van der Waals surface area contributed by atoms with Crippen LogP contribution < -0.4 is 0 Å². The zero-order chi connectivity index (χ0) is 9.61. The van der Waals surface area contributed by atoms with Crippen molar-refractivity contribution in [3.05, 3.63) is 43.5 Å². The van der Waals surface area contributed by atoms with Crippen LogP contribution >= 0.6 is 0 Å². The summed E-state index contributed by atoms with van der Waals surface area (Å²) in [6, 6.07) is 8.20. The molecule has 0 aliphatic heterocycles. The Morgan fingerprint density at radius 3 is 1.92 bits per heavy atom. The molecular formula is C8H10O2S2. The lowest BCUT2D eigenvalue weighted by Crippen LogP contribution is -1.94. The van der Waals surface area contributed by atoms with Gasteiger partial charge in [-0.2, -0.15) is 0 Å². The molecule has 0 radical (unpaired) electrons. The van der Waals surface area contributed by atoms with Gasteiger partial charge >= 0.3 is 0 Å². The van der Waals surface area contributed by atoms with Gasteiger partial charge in [0.2, 0.25) is 0 Å². The summed E-state index contributed by atoms with van der Waals surface area (Å²) >= 11 is 4.33. The summed E-state index contributed by atoms with van der Waals surface area (Å²) in [7, 11) is -3.17. The van der Waals surface area contributed by atoms with Crippen molar-refractivity contribution >= 4 is 20.0 Å². The fraction of sp³-hybridized carbons (Fsp3) is 0. The second kappa shape index (κ2) is 5.03. The van der Waals surface area contributed by atoms with E-state index in [2.05, 4.69) is 24.3 Å². The van der Waals surface area contributed by atoms with E-state index in [0.717, 1.165) is 0 Å². The lowest BCUT2D eigenvalue weighted by atomic mass is 10.4. The summed E-state index contributed by atoms with van der Waals surface area (Å²) in [4.78, 5) is 0.296. The molecule has 0 saturated heterocycles. The van der Waals surface area contributed by atoms with Gasteiger partial charge in [0.15, 0.2) is 8.77 Å². The first kappa shape index (κ1) is 11.3. The van der Waals surface area contributed by atoms with E-state index in [1.54, 1.807) is 18.2 Å². The summed E-state index contributed by atoms with van der Waals surface area (Å²) in [5.74, 6) is 0. The molecule has 2 nitrogen and oxygen atoms in total. The van der Waals surface area contributed by atoms with Crippen LogP contribution in [0.15, 0.2) is 48.4 Å². The Hall–Kier alpha value is -0.710. The van der Waals surface area contributed by atoms with Gasteiger partial charge in [-0.3, -0.25) is 0 Å². The first-order valence-corrected chi connectivity index (χ1v) is 5.57. The van der Waals surface area contributed by atoms with Crippen molar-refractivity contribution in [2.45, 2.75) is 4.90 Å². The predicted octanol–water partition coefficient (Wildman–Crippen LogP) is 2.07. The van der Waals surface area contributed by atoms with E-state index >= 15 is 0 Å². The van der Waals surface area contributed by atoms with Gasteiger partial charge in [-0.25, -0.2) is 4.21 Å². The number of hydrogen-bond acceptors (Lipinski definition) is 2. The summed E-state index contributed by atoms with van der Waals surface area (Å²) in [6.07, 6.45) is 0. The average molecular weight is 202 g/mol. The molecule has 0 bridgehead atoms. The van der Waals surface area contributed by atoms with Crippen LogP contribution in [0.4, 0.5) is 0 Å². The van der Waals surface area contributed by atoms with Gasteiger partial charge in [-0.15, -0.1) is 13.2 Å². The number of hydrogen-bond donors (Lipinski definition) is 1. The Morgan fingerprint density at radius 2 is 1.67 bits per heavy atom. The molecule has 0 aromatic heterocycles.